The molecule has 1 atom stereocenters. The lowest BCUT2D eigenvalue weighted by Crippen LogP contribution is -2.38. The summed E-state index contributed by atoms with van der Waals surface area (Å²) >= 11 is 0. The summed E-state index contributed by atoms with van der Waals surface area (Å²) in [6.07, 6.45) is -1.99. The van der Waals surface area contributed by atoms with Crippen molar-refractivity contribution >= 4 is 0 Å². The van der Waals surface area contributed by atoms with Crippen molar-refractivity contribution in [3.8, 4) is 0 Å². The highest BCUT2D eigenvalue weighted by atomic mass is 19.4. The van der Waals surface area contributed by atoms with Crippen molar-refractivity contribution in [2.75, 3.05) is 39.9 Å². The number of nitrogens with one attached hydrogen (secondary N) is 1. The summed E-state index contributed by atoms with van der Waals surface area (Å²) in [5, 5.41) is 3.09. The van der Waals surface area contributed by atoms with Gasteiger partial charge in [-0.3, -0.25) is 4.90 Å². The molecule has 1 aliphatic heterocycles. The molecule has 96 valence electrons. The van der Waals surface area contributed by atoms with Crippen LogP contribution in [0.1, 0.15) is 12.8 Å². The van der Waals surface area contributed by atoms with Crippen molar-refractivity contribution in [1.82, 2.24) is 10.2 Å². The second kappa shape index (κ2) is 6.42. The molecular weight excluding hydrogens is 221 g/mol. The van der Waals surface area contributed by atoms with Crippen molar-refractivity contribution in [2.24, 2.45) is 0 Å². The minimum absolute atomic E-state index is 0.153. The molecule has 1 unspecified atom stereocenters. The molecule has 0 amide bonds. The summed E-state index contributed by atoms with van der Waals surface area (Å²) in [5.74, 6) is 0. The summed E-state index contributed by atoms with van der Waals surface area (Å²) in [6, 6.07) is 0.444. The minimum atomic E-state index is -4.21. The molecule has 16 heavy (non-hydrogen) atoms. The van der Waals surface area contributed by atoms with E-state index in [1.807, 2.05) is 7.05 Å². The molecule has 1 N–H and O–H groups in total. The Morgan fingerprint density at radius 1 is 1.44 bits per heavy atom. The predicted octanol–water partition coefficient (Wildman–Crippen LogP) is 1.25. The highest BCUT2D eigenvalue weighted by Crippen LogP contribution is 2.17. The van der Waals surface area contributed by atoms with Crippen LogP contribution in [0.4, 0.5) is 13.2 Å². The lowest BCUT2D eigenvalue weighted by atomic mass is 10.2. The molecule has 1 saturated heterocycles. The SMILES string of the molecule is CNCC1CCCN1CCOCC(F)(F)F. The zero-order valence-corrected chi connectivity index (χ0v) is 9.52. The van der Waals surface area contributed by atoms with Gasteiger partial charge in [0.15, 0.2) is 0 Å². The summed E-state index contributed by atoms with van der Waals surface area (Å²) in [6.45, 7) is 1.45. The Morgan fingerprint density at radius 2 is 2.19 bits per heavy atom. The molecule has 0 aromatic carbocycles. The lowest BCUT2D eigenvalue weighted by molar-refractivity contribution is -0.174. The van der Waals surface area contributed by atoms with Gasteiger partial charge in [0, 0.05) is 19.1 Å². The number of halogens is 3. The van der Waals surface area contributed by atoms with Gasteiger partial charge in [0.25, 0.3) is 0 Å². The molecule has 0 aliphatic carbocycles. The van der Waals surface area contributed by atoms with Crippen LogP contribution in [-0.2, 0) is 4.74 Å². The molecule has 0 aromatic heterocycles. The average molecular weight is 240 g/mol. The van der Waals surface area contributed by atoms with E-state index in [0.717, 1.165) is 25.9 Å². The van der Waals surface area contributed by atoms with E-state index in [1.165, 1.54) is 0 Å². The van der Waals surface area contributed by atoms with Gasteiger partial charge in [0.05, 0.1) is 6.61 Å². The fraction of sp³-hybridized carbons (Fsp3) is 1.00. The molecule has 1 rings (SSSR count). The second-order valence-corrected chi connectivity index (χ2v) is 4.06. The van der Waals surface area contributed by atoms with Crippen LogP contribution in [0, 0.1) is 0 Å². The molecule has 0 spiro atoms. The molecular formula is C10H19F3N2O. The average Bonchev–Trinajstić information content (AvgIpc) is 2.60. The van der Waals surface area contributed by atoms with E-state index in [1.54, 1.807) is 0 Å². The minimum Gasteiger partial charge on any atom is -0.371 e. The number of likely N-dealkylation sites (tertiary alicyclic amines) is 1. The van der Waals surface area contributed by atoms with Gasteiger partial charge in [-0.2, -0.15) is 13.2 Å². The van der Waals surface area contributed by atoms with Gasteiger partial charge in [-0.05, 0) is 26.4 Å². The number of nitrogens with zero attached hydrogens (tertiary/aromatic N) is 1. The molecule has 0 radical (unpaired) electrons. The molecule has 0 aromatic rings. The van der Waals surface area contributed by atoms with Gasteiger partial charge in [0.2, 0.25) is 0 Å². The Labute approximate surface area is 93.9 Å². The summed E-state index contributed by atoms with van der Waals surface area (Å²) in [5.41, 5.74) is 0. The van der Waals surface area contributed by atoms with E-state index in [0.29, 0.717) is 12.6 Å². The van der Waals surface area contributed by atoms with Crippen LogP contribution in [0.15, 0.2) is 0 Å². The highest BCUT2D eigenvalue weighted by Gasteiger charge is 2.28. The van der Waals surface area contributed by atoms with Gasteiger partial charge >= 0.3 is 6.18 Å². The topological polar surface area (TPSA) is 24.5 Å². The van der Waals surface area contributed by atoms with Gasteiger partial charge in [0.1, 0.15) is 6.61 Å². The van der Waals surface area contributed by atoms with Crippen molar-refractivity contribution < 1.29 is 17.9 Å². The quantitative estimate of drug-likeness (QED) is 0.707. The Bertz CT molecular complexity index is 199. The Hall–Kier alpha value is -0.330. The van der Waals surface area contributed by atoms with Crippen LogP contribution in [0.5, 0.6) is 0 Å². The highest BCUT2D eigenvalue weighted by molar-refractivity contribution is 4.80. The zero-order chi connectivity index (χ0) is 12.0. The first kappa shape index (κ1) is 13.7. The van der Waals surface area contributed by atoms with Crippen molar-refractivity contribution in [1.29, 1.82) is 0 Å². The number of hydrogen-bond acceptors (Lipinski definition) is 3. The third-order valence-corrected chi connectivity index (χ3v) is 2.73. The summed E-state index contributed by atoms with van der Waals surface area (Å²) < 4.78 is 40.0. The molecule has 0 bridgehead atoms. The number of likely N-dealkylation sites (N-methyl/N-ethyl adjacent to an activating group) is 1. The Balaban J connectivity index is 2.12. The van der Waals surface area contributed by atoms with E-state index in [4.69, 9.17) is 0 Å². The standard InChI is InChI=1S/C10H19F3N2O/c1-14-7-9-3-2-4-15(9)5-6-16-8-10(11,12)13/h9,14H,2-8H2,1H3. The van der Waals surface area contributed by atoms with Gasteiger partial charge < -0.3 is 10.1 Å². The molecule has 0 saturated carbocycles. The van der Waals surface area contributed by atoms with Gasteiger partial charge in [-0.25, -0.2) is 0 Å². The molecule has 1 aliphatic rings. The molecule has 6 heteroatoms. The third kappa shape index (κ3) is 5.14. The van der Waals surface area contributed by atoms with Crippen LogP contribution in [0.3, 0.4) is 0 Å². The fourth-order valence-electron chi connectivity index (χ4n) is 2.03. The first-order valence-corrected chi connectivity index (χ1v) is 5.56. The zero-order valence-electron chi connectivity index (χ0n) is 9.52. The summed E-state index contributed by atoms with van der Waals surface area (Å²) in [4.78, 5) is 2.19. The Kier molecular flexibility index (Phi) is 5.51. The molecule has 1 heterocycles. The van der Waals surface area contributed by atoms with E-state index < -0.39 is 12.8 Å². The molecule has 3 nitrogen and oxygen atoms in total. The van der Waals surface area contributed by atoms with Crippen molar-refractivity contribution in [3.05, 3.63) is 0 Å². The van der Waals surface area contributed by atoms with Crippen LogP contribution in [0.2, 0.25) is 0 Å². The number of rotatable bonds is 6. The smallest absolute Gasteiger partial charge is 0.371 e. The van der Waals surface area contributed by atoms with Crippen molar-refractivity contribution in [2.45, 2.75) is 25.1 Å². The maximum atomic E-state index is 11.8. The molecule has 1 fully saturated rings. The largest absolute Gasteiger partial charge is 0.411 e. The number of ether oxygens (including phenoxy) is 1. The number of hydrogen-bond donors (Lipinski definition) is 1. The van der Waals surface area contributed by atoms with E-state index in [-0.39, 0.29) is 6.61 Å². The monoisotopic (exact) mass is 240 g/mol. The van der Waals surface area contributed by atoms with E-state index in [9.17, 15) is 13.2 Å². The summed E-state index contributed by atoms with van der Waals surface area (Å²) in [7, 11) is 1.89. The maximum absolute atomic E-state index is 11.8. The van der Waals surface area contributed by atoms with Crippen LogP contribution in [-0.4, -0.2) is 57.0 Å². The van der Waals surface area contributed by atoms with Crippen LogP contribution >= 0.6 is 0 Å². The van der Waals surface area contributed by atoms with Crippen LogP contribution in [0.25, 0.3) is 0 Å². The van der Waals surface area contributed by atoms with E-state index in [2.05, 4.69) is 15.0 Å². The number of alkyl halides is 3. The van der Waals surface area contributed by atoms with Gasteiger partial charge in [-0.1, -0.05) is 0 Å². The predicted molar refractivity (Wildman–Crippen MR) is 55.4 cm³/mol. The normalized spacial score (nSPS) is 22.9. The van der Waals surface area contributed by atoms with Crippen LogP contribution < -0.4 is 5.32 Å². The fourth-order valence-corrected chi connectivity index (χ4v) is 2.03. The van der Waals surface area contributed by atoms with Gasteiger partial charge in [-0.15, -0.1) is 0 Å². The second-order valence-electron chi connectivity index (χ2n) is 4.06. The first-order valence-electron chi connectivity index (χ1n) is 5.56. The van der Waals surface area contributed by atoms with E-state index >= 15 is 0 Å². The van der Waals surface area contributed by atoms with Crippen molar-refractivity contribution in [3.63, 3.8) is 0 Å². The maximum Gasteiger partial charge on any atom is 0.411 e. The third-order valence-electron chi connectivity index (χ3n) is 2.73. The Morgan fingerprint density at radius 3 is 2.81 bits per heavy atom. The first-order chi connectivity index (χ1) is 7.53. The lowest BCUT2D eigenvalue weighted by Gasteiger charge is -2.24.